The number of carbonyl (C=O) groups is 2. The molecule has 0 saturated carbocycles. The number of aliphatic carboxylic acids is 1. The Morgan fingerprint density at radius 3 is 2.30 bits per heavy atom. The van der Waals surface area contributed by atoms with Crippen molar-refractivity contribution in [1.29, 1.82) is 0 Å². The van der Waals surface area contributed by atoms with E-state index in [4.69, 9.17) is 19.3 Å². The van der Waals surface area contributed by atoms with E-state index < -0.39 is 5.97 Å². The molecule has 0 bridgehead atoms. The Labute approximate surface area is 174 Å². The molecule has 1 aliphatic rings. The molecule has 2 aromatic rings. The lowest BCUT2D eigenvalue weighted by atomic mass is 9.97. The fourth-order valence-electron chi connectivity index (χ4n) is 3.35. The molecule has 1 amide bonds. The molecule has 30 heavy (non-hydrogen) atoms. The summed E-state index contributed by atoms with van der Waals surface area (Å²) < 4.78 is 15.9. The summed E-state index contributed by atoms with van der Waals surface area (Å²) in [7, 11) is 4.70. The summed E-state index contributed by atoms with van der Waals surface area (Å²) >= 11 is 0. The third-order valence-corrected chi connectivity index (χ3v) is 4.93. The summed E-state index contributed by atoms with van der Waals surface area (Å²) in [5, 5.41) is 14.9. The average molecular weight is 412 g/mol. The molecular weight excluding hydrogens is 388 g/mol. The smallest absolute Gasteiger partial charge is 0.303 e. The summed E-state index contributed by atoms with van der Waals surface area (Å²) in [4.78, 5) is 23.7. The first kappa shape index (κ1) is 21.2. The second kappa shape index (κ2) is 9.30. The number of carboxylic acid groups (broad SMARTS) is 1. The number of amides is 1. The molecule has 1 atom stereocenters. The van der Waals surface area contributed by atoms with Gasteiger partial charge in [-0.15, -0.1) is 0 Å². The Balaban J connectivity index is 1.94. The lowest BCUT2D eigenvalue weighted by Crippen LogP contribution is -2.27. The number of carboxylic acids is 1. The first-order chi connectivity index (χ1) is 14.5. The molecular formula is C22H24N2O6. The number of rotatable bonds is 8. The van der Waals surface area contributed by atoms with E-state index in [0.717, 1.165) is 22.6 Å². The van der Waals surface area contributed by atoms with Gasteiger partial charge in [0, 0.05) is 12.8 Å². The number of benzene rings is 2. The fourth-order valence-corrected chi connectivity index (χ4v) is 3.35. The summed E-state index contributed by atoms with van der Waals surface area (Å²) in [5.41, 5.74) is 2.43. The number of ether oxygens (including phenoxy) is 3. The van der Waals surface area contributed by atoms with Crippen LogP contribution in [0.15, 0.2) is 47.6 Å². The van der Waals surface area contributed by atoms with Crippen LogP contribution in [0.1, 0.15) is 36.4 Å². The molecule has 1 N–H and O–H groups in total. The van der Waals surface area contributed by atoms with Crippen LogP contribution in [-0.4, -0.2) is 49.0 Å². The highest BCUT2D eigenvalue weighted by molar-refractivity contribution is 6.03. The van der Waals surface area contributed by atoms with Gasteiger partial charge in [0.2, 0.25) is 5.91 Å². The van der Waals surface area contributed by atoms with E-state index in [-0.39, 0.29) is 24.8 Å². The second-order valence-electron chi connectivity index (χ2n) is 6.74. The first-order valence-corrected chi connectivity index (χ1v) is 9.44. The Bertz CT molecular complexity index is 955. The molecule has 0 saturated heterocycles. The largest absolute Gasteiger partial charge is 0.497 e. The van der Waals surface area contributed by atoms with Crippen molar-refractivity contribution >= 4 is 17.6 Å². The van der Waals surface area contributed by atoms with Gasteiger partial charge in [0.25, 0.3) is 0 Å². The van der Waals surface area contributed by atoms with Gasteiger partial charge in [-0.1, -0.05) is 6.07 Å². The fraction of sp³-hybridized carbons (Fsp3) is 0.318. The predicted octanol–water partition coefficient (Wildman–Crippen LogP) is 3.25. The third-order valence-electron chi connectivity index (χ3n) is 4.93. The van der Waals surface area contributed by atoms with Crippen molar-refractivity contribution in [2.75, 3.05) is 21.3 Å². The van der Waals surface area contributed by atoms with Gasteiger partial charge in [-0.2, -0.15) is 5.10 Å². The van der Waals surface area contributed by atoms with E-state index in [0.29, 0.717) is 17.9 Å². The summed E-state index contributed by atoms with van der Waals surface area (Å²) in [6.45, 7) is 0. The average Bonchev–Trinajstić information content (AvgIpc) is 3.22. The standard InChI is InChI=1S/C22H24N2O6/c1-28-16-7-4-14(5-8-16)17-13-18(24(23-17)21(25)10-11-22(26)27)15-6-9-19(29-2)20(12-15)30-3/h4-9,12,18H,10-11,13H2,1-3H3,(H,26,27)/t18-/m1/s1. The zero-order valence-corrected chi connectivity index (χ0v) is 17.1. The second-order valence-corrected chi connectivity index (χ2v) is 6.74. The number of carbonyl (C=O) groups excluding carboxylic acids is 1. The number of hydrazone groups is 1. The van der Waals surface area contributed by atoms with Gasteiger partial charge in [-0.3, -0.25) is 9.59 Å². The lowest BCUT2D eigenvalue weighted by molar-refractivity contribution is -0.141. The van der Waals surface area contributed by atoms with Crippen molar-refractivity contribution in [3.63, 3.8) is 0 Å². The quantitative estimate of drug-likeness (QED) is 0.715. The van der Waals surface area contributed by atoms with Crippen molar-refractivity contribution in [2.45, 2.75) is 25.3 Å². The number of nitrogens with zero attached hydrogens (tertiary/aromatic N) is 2. The van der Waals surface area contributed by atoms with Crippen LogP contribution in [0.3, 0.4) is 0 Å². The van der Waals surface area contributed by atoms with Crippen molar-refractivity contribution in [3.05, 3.63) is 53.6 Å². The maximum Gasteiger partial charge on any atom is 0.303 e. The minimum absolute atomic E-state index is 0.126. The number of methoxy groups -OCH3 is 3. The van der Waals surface area contributed by atoms with Crippen molar-refractivity contribution in [3.8, 4) is 17.2 Å². The van der Waals surface area contributed by atoms with E-state index in [9.17, 15) is 9.59 Å². The maximum atomic E-state index is 12.8. The molecule has 1 heterocycles. The molecule has 2 aromatic carbocycles. The normalized spacial score (nSPS) is 15.5. The molecule has 1 aliphatic heterocycles. The third kappa shape index (κ3) is 4.53. The molecule has 158 valence electrons. The first-order valence-electron chi connectivity index (χ1n) is 9.44. The summed E-state index contributed by atoms with van der Waals surface area (Å²) in [6, 6.07) is 12.5. The van der Waals surface area contributed by atoms with Crippen molar-refractivity contribution < 1.29 is 28.9 Å². The van der Waals surface area contributed by atoms with Gasteiger partial charge in [-0.25, -0.2) is 5.01 Å². The summed E-state index contributed by atoms with van der Waals surface area (Å²) in [5.74, 6) is 0.485. The SMILES string of the molecule is COc1ccc(C2=NN(C(=O)CCC(=O)O)[C@@H](c3ccc(OC)c(OC)c3)C2)cc1. The van der Waals surface area contributed by atoms with Crippen molar-refractivity contribution in [2.24, 2.45) is 5.10 Å². The lowest BCUT2D eigenvalue weighted by Gasteiger charge is -2.22. The van der Waals surface area contributed by atoms with Crippen LogP contribution in [0.4, 0.5) is 0 Å². The zero-order valence-electron chi connectivity index (χ0n) is 17.1. The molecule has 0 unspecified atom stereocenters. The van der Waals surface area contributed by atoms with E-state index in [2.05, 4.69) is 5.10 Å². The number of hydrogen-bond acceptors (Lipinski definition) is 6. The highest BCUT2D eigenvalue weighted by atomic mass is 16.5. The van der Waals surface area contributed by atoms with Gasteiger partial charge < -0.3 is 19.3 Å². The molecule has 0 fully saturated rings. The van der Waals surface area contributed by atoms with Gasteiger partial charge in [0.15, 0.2) is 11.5 Å². The molecule has 8 heteroatoms. The highest BCUT2D eigenvalue weighted by Crippen LogP contribution is 2.37. The van der Waals surface area contributed by atoms with Crippen LogP contribution in [0.25, 0.3) is 0 Å². The van der Waals surface area contributed by atoms with E-state index in [1.54, 1.807) is 27.4 Å². The Morgan fingerprint density at radius 1 is 1.00 bits per heavy atom. The van der Waals surface area contributed by atoms with Crippen LogP contribution >= 0.6 is 0 Å². The minimum atomic E-state index is -1.02. The summed E-state index contributed by atoms with van der Waals surface area (Å²) in [6.07, 6.45) is 0.112. The van der Waals surface area contributed by atoms with Crippen LogP contribution in [0, 0.1) is 0 Å². The molecule has 0 radical (unpaired) electrons. The Hall–Kier alpha value is -3.55. The van der Waals surface area contributed by atoms with Gasteiger partial charge in [0.1, 0.15) is 5.75 Å². The molecule has 3 rings (SSSR count). The highest BCUT2D eigenvalue weighted by Gasteiger charge is 2.33. The van der Waals surface area contributed by atoms with Crippen LogP contribution in [-0.2, 0) is 9.59 Å². The molecule has 8 nitrogen and oxygen atoms in total. The van der Waals surface area contributed by atoms with Crippen molar-refractivity contribution in [1.82, 2.24) is 5.01 Å². The zero-order chi connectivity index (χ0) is 21.7. The molecule has 0 aliphatic carbocycles. The monoisotopic (exact) mass is 412 g/mol. The van der Waals surface area contributed by atoms with E-state index >= 15 is 0 Å². The van der Waals surface area contributed by atoms with Gasteiger partial charge >= 0.3 is 5.97 Å². The topological polar surface area (TPSA) is 97.7 Å². The van der Waals surface area contributed by atoms with Crippen LogP contribution < -0.4 is 14.2 Å². The maximum absolute atomic E-state index is 12.8. The predicted molar refractivity (Wildman–Crippen MR) is 110 cm³/mol. The van der Waals surface area contributed by atoms with Crippen LogP contribution in [0.5, 0.6) is 17.2 Å². The minimum Gasteiger partial charge on any atom is -0.497 e. The Morgan fingerprint density at radius 2 is 1.70 bits per heavy atom. The van der Waals surface area contributed by atoms with Crippen LogP contribution in [0.2, 0.25) is 0 Å². The molecule has 0 spiro atoms. The molecule has 0 aromatic heterocycles. The number of hydrogen-bond donors (Lipinski definition) is 1. The van der Waals surface area contributed by atoms with E-state index in [1.165, 1.54) is 5.01 Å². The van der Waals surface area contributed by atoms with Gasteiger partial charge in [-0.05, 0) is 47.5 Å². The van der Waals surface area contributed by atoms with Gasteiger partial charge in [0.05, 0.1) is 39.5 Å². The Kier molecular flexibility index (Phi) is 6.56. The van der Waals surface area contributed by atoms with E-state index in [1.807, 2.05) is 36.4 Å².